The van der Waals surface area contributed by atoms with Crippen LogP contribution >= 0.6 is 11.3 Å². The third-order valence-corrected chi connectivity index (χ3v) is 6.75. The van der Waals surface area contributed by atoms with Gasteiger partial charge >= 0.3 is 0 Å². The number of hydrogen-bond donors (Lipinski definition) is 1. The van der Waals surface area contributed by atoms with E-state index in [4.69, 9.17) is 18.9 Å². The summed E-state index contributed by atoms with van der Waals surface area (Å²) in [6, 6.07) is 13.0. The van der Waals surface area contributed by atoms with Crippen LogP contribution < -0.4 is 18.9 Å². The minimum atomic E-state index is -0.882. The zero-order chi connectivity index (χ0) is 25.8. The van der Waals surface area contributed by atoms with Crippen LogP contribution in [0.3, 0.4) is 0 Å². The topological polar surface area (TPSA) is 94.5 Å². The van der Waals surface area contributed by atoms with E-state index in [-0.39, 0.29) is 17.9 Å². The van der Waals surface area contributed by atoms with E-state index in [1.807, 2.05) is 24.4 Å². The van der Waals surface area contributed by atoms with Gasteiger partial charge in [0.05, 0.1) is 46.1 Å². The van der Waals surface area contributed by atoms with Crippen molar-refractivity contribution in [1.29, 1.82) is 0 Å². The van der Waals surface area contributed by atoms with Gasteiger partial charge in [0.1, 0.15) is 11.5 Å². The summed E-state index contributed by atoms with van der Waals surface area (Å²) in [5.41, 5.74) is 0.910. The molecule has 9 heteroatoms. The first-order chi connectivity index (χ1) is 17.4. The maximum absolute atomic E-state index is 13.3. The highest BCUT2D eigenvalue weighted by Crippen LogP contribution is 2.46. The van der Waals surface area contributed by atoms with Gasteiger partial charge < -0.3 is 29.0 Å². The number of amides is 1. The number of benzene rings is 2. The lowest BCUT2D eigenvalue weighted by molar-refractivity contribution is -0.140. The third kappa shape index (κ3) is 4.61. The highest BCUT2D eigenvalue weighted by Gasteiger charge is 2.46. The van der Waals surface area contributed by atoms with Gasteiger partial charge in [-0.05, 0) is 60.3 Å². The summed E-state index contributed by atoms with van der Waals surface area (Å²) in [5, 5.41) is 13.2. The molecule has 0 aliphatic carbocycles. The summed E-state index contributed by atoms with van der Waals surface area (Å²) in [5.74, 6) is 0.0123. The molecule has 4 rings (SSSR count). The highest BCUT2D eigenvalue weighted by atomic mass is 32.1. The van der Waals surface area contributed by atoms with Gasteiger partial charge in [0, 0.05) is 10.4 Å². The Bertz CT molecular complexity index is 1260. The zero-order valence-electron chi connectivity index (χ0n) is 20.4. The number of carbonyl (C=O) groups is 2. The molecule has 36 heavy (non-hydrogen) atoms. The number of likely N-dealkylation sites (tertiary alicyclic amines) is 1. The number of ether oxygens (including phenoxy) is 4. The van der Waals surface area contributed by atoms with Crippen molar-refractivity contribution in [1.82, 2.24) is 4.90 Å². The lowest BCUT2D eigenvalue weighted by Crippen LogP contribution is -2.29. The summed E-state index contributed by atoms with van der Waals surface area (Å²) in [7, 11) is 4.47. The van der Waals surface area contributed by atoms with Crippen molar-refractivity contribution in [2.75, 3.05) is 27.9 Å². The van der Waals surface area contributed by atoms with Crippen molar-refractivity contribution in [2.45, 2.75) is 19.5 Å². The van der Waals surface area contributed by atoms with Crippen LogP contribution in [-0.4, -0.2) is 49.6 Å². The highest BCUT2D eigenvalue weighted by molar-refractivity contribution is 7.09. The number of methoxy groups -OCH3 is 3. The molecule has 1 aliphatic rings. The van der Waals surface area contributed by atoms with Gasteiger partial charge in [-0.3, -0.25) is 9.59 Å². The average Bonchev–Trinajstić information content (AvgIpc) is 3.50. The van der Waals surface area contributed by atoms with Gasteiger partial charge in [-0.25, -0.2) is 0 Å². The normalized spacial score (nSPS) is 16.8. The molecule has 1 saturated heterocycles. The average molecular weight is 510 g/mol. The molecule has 1 amide bonds. The molecule has 1 atom stereocenters. The fourth-order valence-corrected chi connectivity index (χ4v) is 4.95. The van der Waals surface area contributed by atoms with Crippen molar-refractivity contribution < 1.29 is 33.6 Å². The van der Waals surface area contributed by atoms with Crippen LogP contribution in [0.5, 0.6) is 23.0 Å². The maximum Gasteiger partial charge on any atom is 0.295 e. The van der Waals surface area contributed by atoms with E-state index in [0.29, 0.717) is 40.7 Å². The first-order valence-corrected chi connectivity index (χ1v) is 12.1. The smallest absolute Gasteiger partial charge is 0.295 e. The number of ketones is 1. The SMILES string of the molecule is CCOc1ccc(/C(O)=C2\C(=O)C(=O)N(Cc3cccs3)C2c2cc(OC)c(OC)c(OC)c2)cc1. The Morgan fingerprint density at radius 1 is 1.00 bits per heavy atom. The quantitative estimate of drug-likeness (QED) is 0.252. The predicted molar refractivity (Wildman–Crippen MR) is 136 cm³/mol. The number of aliphatic hydroxyl groups is 1. The van der Waals surface area contributed by atoms with E-state index in [2.05, 4.69) is 0 Å². The minimum Gasteiger partial charge on any atom is -0.507 e. The van der Waals surface area contributed by atoms with Crippen molar-refractivity contribution in [3.8, 4) is 23.0 Å². The number of carbonyl (C=O) groups excluding carboxylic acids is 2. The van der Waals surface area contributed by atoms with Crippen LogP contribution in [0, 0.1) is 0 Å². The third-order valence-electron chi connectivity index (χ3n) is 5.89. The van der Waals surface area contributed by atoms with Gasteiger partial charge in [0.2, 0.25) is 5.75 Å². The van der Waals surface area contributed by atoms with Gasteiger partial charge in [-0.2, -0.15) is 0 Å². The molecule has 0 bridgehead atoms. The van der Waals surface area contributed by atoms with Crippen molar-refractivity contribution in [2.24, 2.45) is 0 Å². The second kappa shape index (κ2) is 10.7. The second-order valence-electron chi connectivity index (χ2n) is 7.92. The Kier molecular flexibility index (Phi) is 7.49. The number of aliphatic hydroxyl groups excluding tert-OH is 1. The van der Waals surface area contributed by atoms with Crippen LogP contribution in [0.2, 0.25) is 0 Å². The van der Waals surface area contributed by atoms with Crippen molar-refractivity contribution in [3.63, 3.8) is 0 Å². The fraction of sp³-hybridized carbons (Fsp3) is 0.259. The largest absolute Gasteiger partial charge is 0.507 e. The molecule has 0 spiro atoms. The van der Waals surface area contributed by atoms with Crippen LogP contribution in [-0.2, 0) is 16.1 Å². The Morgan fingerprint density at radius 3 is 2.19 bits per heavy atom. The molecule has 2 heterocycles. The number of Topliss-reactive ketones (excluding diaryl/α,β-unsaturated/α-hetero) is 1. The van der Waals surface area contributed by atoms with E-state index < -0.39 is 17.7 Å². The summed E-state index contributed by atoms with van der Waals surface area (Å²) in [6.45, 7) is 2.57. The van der Waals surface area contributed by atoms with Crippen LogP contribution in [0.15, 0.2) is 59.5 Å². The second-order valence-corrected chi connectivity index (χ2v) is 8.95. The molecule has 188 valence electrons. The van der Waals surface area contributed by atoms with Crippen LogP contribution in [0.4, 0.5) is 0 Å². The predicted octanol–water partition coefficient (Wildman–Crippen LogP) is 4.79. The van der Waals surface area contributed by atoms with Crippen molar-refractivity contribution in [3.05, 3.63) is 75.5 Å². The van der Waals surface area contributed by atoms with Crippen LogP contribution in [0.25, 0.3) is 5.76 Å². The Labute approximate surface area is 213 Å². The molecule has 1 aromatic heterocycles. The summed E-state index contributed by atoms with van der Waals surface area (Å²) >= 11 is 1.48. The molecule has 1 aliphatic heterocycles. The van der Waals surface area contributed by atoms with E-state index in [0.717, 1.165) is 4.88 Å². The molecule has 3 aromatic rings. The van der Waals surface area contributed by atoms with E-state index >= 15 is 0 Å². The molecule has 1 unspecified atom stereocenters. The molecule has 1 fully saturated rings. The molecule has 1 N–H and O–H groups in total. The first-order valence-electron chi connectivity index (χ1n) is 11.3. The van der Waals surface area contributed by atoms with Crippen LogP contribution in [0.1, 0.15) is 29.0 Å². The van der Waals surface area contributed by atoms with Crippen molar-refractivity contribution >= 4 is 28.8 Å². The summed E-state index contributed by atoms with van der Waals surface area (Å²) < 4.78 is 21.9. The minimum absolute atomic E-state index is 0.0185. The molecule has 0 saturated carbocycles. The zero-order valence-corrected chi connectivity index (χ0v) is 21.3. The monoisotopic (exact) mass is 509 g/mol. The Morgan fingerprint density at radius 2 is 1.67 bits per heavy atom. The number of thiophene rings is 1. The lowest BCUT2D eigenvalue weighted by atomic mass is 9.94. The standard InChI is InChI=1S/C27H27NO7S/c1-5-35-18-10-8-16(9-11-18)24(29)22-23(17-13-20(32-2)26(34-4)21(14-17)33-3)28(27(31)25(22)30)15-19-7-6-12-36-19/h6-14,23,29H,5,15H2,1-4H3/b24-22+. The van der Waals surface area contributed by atoms with Gasteiger partial charge in [-0.15, -0.1) is 11.3 Å². The number of hydrogen-bond acceptors (Lipinski definition) is 8. The van der Waals surface area contributed by atoms with E-state index in [1.54, 1.807) is 36.4 Å². The van der Waals surface area contributed by atoms with Gasteiger partial charge in [0.15, 0.2) is 11.5 Å². The molecule has 8 nitrogen and oxygen atoms in total. The molecular formula is C27H27NO7S. The summed E-state index contributed by atoms with van der Waals surface area (Å²) in [4.78, 5) is 28.9. The molecular weight excluding hydrogens is 482 g/mol. The Balaban J connectivity index is 1.90. The molecule has 2 aromatic carbocycles. The maximum atomic E-state index is 13.3. The van der Waals surface area contributed by atoms with Gasteiger partial charge in [0.25, 0.3) is 11.7 Å². The first kappa shape index (κ1) is 25.1. The molecule has 0 radical (unpaired) electrons. The number of nitrogens with zero attached hydrogens (tertiary/aromatic N) is 1. The van der Waals surface area contributed by atoms with Gasteiger partial charge in [-0.1, -0.05) is 6.07 Å². The number of rotatable bonds is 9. The fourth-order valence-electron chi connectivity index (χ4n) is 4.25. The Hall–Kier alpha value is -3.98. The van der Waals surface area contributed by atoms with E-state index in [1.165, 1.54) is 37.6 Å². The van der Waals surface area contributed by atoms with E-state index in [9.17, 15) is 14.7 Å². The lowest BCUT2D eigenvalue weighted by Gasteiger charge is -2.26. The summed E-state index contributed by atoms with van der Waals surface area (Å²) in [6.07, 6.45) is 0.